The summed E-state index contributed by atoms with van der Waals surface area (Å²) in [7, 11) is 0. The second-order valence-electron chi connectivity index (χ2n) is 3.18. The summed E-state index contributed by atoms with van der Waals surface area (Å²) >= 11 is 0. The highest BCUT2D eigenvalue weighted by Gasteiger charge is 2.38. The molecule has 2 rings (SSSR count). The third-order valence-corrected chi connectivity index (χ3v) is 2.22. The van der Waals surface area contributed by atoms with Crippen LogP contribution in [0.5, 0.6) is 0 Å². The van der Waals surface area contributed by atoms with Crippen molar-refractivity contribution in [3.05, 3.63) is 12.5 Å². The molecule has 0 aromatic rings. The predicted octanol–water partition coefficient (Wildman–Crippen LogP) is 1.02. The topological polar surface area (TPSA) is 36.9 Å². The van der Waals surface area contributed by atoms with E-state index < -0.39 is 0 Å². The monoisotopic (exact) mass is 186 g/mol. The van der Waals surface area contributed by atoms with Crippen LogP contribution >= 0.6 is 0 Å². The molecule has 4 nitrogen and oxygen atoms in total. The third kappa shape index (κ3) is 1.78. The van der Waals surface area contributed by atoms with E-state index >= 15 is 0 Å². The quantitative estimate of drug-likeness (QED) is 0.612. The zero-order valence-corrected chi connectivity index (χ0v) is 7.69. The van der Waals surface area contributed by atoms with E-state index in [-0.39, 0.29) is 18.5 Å². The number of hydrogen-bond donors (Lipinski definition) is 0. The Labute approximate surface area is 77.4 Å². The maximum atomic E-state index is 5.57. The fourth-order valence-electron chi connectivity index (χ4n) is 1.47. The Balaban J connectivity index is 1.96. The minimum absolute atomic E-state index is 0.0100. The predicted molar refractivity (Wildman–Crippen MR) is 44.9 cm³/mol. The fourth-order valence-corrected chi connectivity index (χ4v) is 1.47. The third-order valence-electron chi connectivity index (χ3n) is 2.22. The van der Waals surface area contributed by atoms with Crippen molar-refractivity contribution in [2.75, 3.05) is 13.2 Å². The second-order valence-corrected chi connectivity index (χ2v) is 3.18. The molecule has 0 aromatic heterocycles. The molecule has 0 amide bonds. The van der Waals surface area contributed by atoms with E-state index in [1.54, 1.807) is 0 Å². The molecule has 4 heteroatoms. The zero-order chi connectivity index (χ0) is 9.26. The smallest absolute Gasteiger partial charge is 0.271 e. The zero-order valence-electron chi connectivity index (χ0n) is 7.69. The number of fused-ring (bicyclic) bond motifs is 1. The van der Waals surface area contributed by atoms with Crippen molar-refractivity contribution in [3.8, 4) is 0 Å². The van der Waals surface area contributed by atoms with Crippen LogP contribution in [-0.4, -0.2) is 31.7 Å². The highest BCUT2D eigenvalue weighted by molar-refractivity contribution is 4.83. The molecule has 0 aliphatic carbocycles. The van der Waals surface area contributed by atoms with Gasteiger partial charge < -0.3 is 18.9 Å². The van der Waals surface area contributed by atoms with E-state index in [1.807, 2.05) is 6.92 Å². The Morgan fingerprint density at radius 3 is 2.23 bits per heavy atom. The van der Waals surface area contributed by atoms with E-state index in [0.717, 1.165) is 6.42 Å². The van der Waals surface area contributed by atoms with Crippen LogP contribution in [-0.2, 0) is 18.9 Å². The first kappa shape index (κ1) is 8.84. The Bertz CT molecular complexity index is 186. The van der Waals surface area contributed by atoms with Crippen LogP contribution in [0.1, 0.15) is 13.3 Å². The summed E-state index contributed by atoms with van der Waals surface area (Å²) in [5.41, 5.74) is 0. The van der Waals surface area contributed by atoms with Crippen LogP contribution in [0.15, 0.2) is 12.5 Å². The largest absolute Gasteiger partial charge is 0.463 e. The molecule has 0 radical (unpaired) electrons. The van der Waals surface area contributed by atoms with E-state index in [2.05, 4.69) is 6.58 Å². The lowest BCUT2D eigenvalue weighted by Gasteiger charge is -2.09. The van der Waals surface area contributed by atoms with Crippen LogP contribution in [0, 0.1) is 0 Å². The molecular formula is C9H14O4. The number of hydrogen-bond acceptors (Lipinski definition) is 4. The Hall–Kier alpha value is -0.740. The number of rotatable bonds is 1. The molecule has 2 atom stereocenters. The molecule has 13 heavy (non-hydrogen) atoms. The second kappa shape index (κ2) is 3.55. The molecule has 0 saturated carbocycles. The van der Waals surface area contributed by atoms with Crippen LogP contribution < -0.4 is 0 Å². The van der Waals surface area contributed by atoms with Gasteiger partial charge in [-0.1, -0.05) is 6.92 Å². The van der Waals surface area contributed by atoms with E-state index in [1.165, 1.54) is 0 Å². The molecule has 2 aliphatic heterocycles. The first-order chi connectivity index (χ1) is 6.29. The van der Waals surface area contributed by atoms with Crippen molar-refractivity contribution in [2.45, 2.75) is 31.8 Å². The normalized spacial score (nSPS) is 38.8. The average Bonchev–Trinajstić information content (AvgIpc) is 2.47. The number of ether oxygens (including phenoxy) is 4. The van der Waals surface area contributed by atoms with Crippen LogP contribution in [0.25, 0.3) is 0 Å². The van der Waals surface area contributed by atoms with Crippen molar-refractivity contribution in [1.82, 2.24) is 0 Å². The van der Waals surface area contributed by atoms with E-state index in [9.17, 15) is 0 Å². The summed E-state index contributed by atoms with van der Waals surface area (Å²) in [6, 6.07) is 0. The molecular weight excluding hydrogens is 172 g/mol. The molecule has 2 fully saturated rings. The van der Waals surface area contributed by atoms with Crippen molar-refractivity contribution < 1.29 is 18.9 Å². The first-order valence-electron chi connectivity index (χ1n) is 4.55. The molecule has 2 aliphatic rings. The van der Waals surface area contributed by atoms with Crippen molar-refractivity contribution in [2.24, 2.45) is 0 Å². The van der Waals surface area contributed by atoms with Crippen LogP contribution in [0.4, 0.5) is 0 Å². The fraction of sp³-hybridized carbons (Fsp3) is 0.778. The van der Waals surface area contributed by atoms with Gasteiger partial charge in [-0.15, -0.1) is 0 Å². The molecule has 2 unspecified atom stereocenters. The van der Waals surface area contributed by atoms with E-state index in [4.69, 9.17) is 18.9 Å². The summed E-state index contributed by atoms with van der Waals surface area (Å²) in [5.74, 6) is 0.356. The molecule has 74 valence electrons. The van der Waals surface area contributed by atoms with Gasteiger partial charge >= 0.3 is 0 Å². The van der Waals surface area contributed by atoms with Gasteiger partial charge in [0.15, 0.2) is 6.29 Å². The van der Waals surface area contributed by atoms with Gasteiger partial charge in [0, 0.05) is 0 Å². The maximum absolute atomic E-state index is 5.57. The minimum atomic E-state index is -0.103. The van der Waals surface area contributed by atoms with Gasteiger partial charge in [-0.25, -0.2) is 0 Å². The molecule has 0 spiro atoms. The lowest BCUT2D eigenvalue weighted by Crippen LogP contribution is -2.27. The Morgan fingerprint density at radius 1 is 1.23 bits per heavy atom. The van der Waals surface area contributed by atoms with E-state index in [0.29, 0.717) is 19.2 Å². The SMILES string of the molecule is C=C1OCC2OC(CC)OC2CO1. The molecule has 2 saturated heterocycles. The van der Waals surface area contributed by atoms with Crippen LogP contribution in [0.2, 0.25) is 0 Å². The Morgan fingerprint density at radius 2 is 1.77 bits per heavy atom. The standard InChI is InChI=1S/C9H14O4/c1-3-9-12-7-4-10-6(2)11-5-8(7)13-9/h7-9H,2-5H2,1H3. The molecule has 0 aromatic carbocycles. The maximum Gasteiger partial charge on any atom is 0.271 e. The summed E-state index contributed by atoms with van der Waals surface area (Å²) in [6.07, 6.45) is 0.732. The summed E-state index contributed by atoms with van der Waals surface area (Å²) in [6.45, 7) is 6.55. The van der Waals surface area contributed by atoms with Crippen LogP contribution in [0.3, 0.4) is 0 Å². The van der Waals surface area contributed by atoms with Gasteiger partial charge in [0.05, 0.1) is 0 Å². The Kier molecular flexibility index (Phi) is 2.42. The summed E-state index contributed by atoms with van der Waals surface area (Å²) in [4.78, 5) is 0. The first-order valence-corrected chi connectivity index (χ1v) is 4.55. The van der Waals surface area contributed by atoms with Crippen molar-refractivity contribution in [1.29, 1.82) is 0 Å². The van der Waals surface area contributed by atoms with Crippen molar-refractivity contribution >= 4 is 0 Å². The highest BCUT2D eigenvalue weighted by atomic mass is 16.8. The molecule has 2 heterocycles. The van der Waals surface area contributed by atoms with Gasteiger partial charge in [-0.3, -0.25) is 0 Å². The average molecular weight is 186 g/mol. The summed E-state index contributed by atoms with van der Waals surface area (Å²) < 4.78 is 21.5. The summed E-state index contributed by atoms with van der Waals surface area (Å²) in [5, 5.41) is 0. The van der Waals surface area contributed by atoms with Crippen molar-refractivity contribution in [3.63, 3.8) is 0 Å². The lowest BCUT2D eigenvalue weighted by atomic mass is 10.2. The van der Waals surface area contributed by atoms with Gasteiger partial charge in [-0.05, 0) is 13.0 Å². The lowest BCUT2D eigenvalue weighted by molar-refractivity contribution is -0.0927. The van der Waals surface area contributed by atoms with Gasteiger partial charge in [-0.2, -0.15) is 0 Å². The molecule has 0 N–H and O–H groups in total. The highest BCUT2D eigenvalue weighted by Crippen LogP contribution is 2.25. The van der Waals surface area contributed by atoms with Gasteiger partial charge in [0.25, 0.3) is 5.95 Å². The minimum Gasteiger partial charge on any atom is -0.463 e. The van der Waals surface area contributed by atoms with Gasteiger partial charge in [0.1, 0.15) is 25.4 Å². The van der Waals surface area contributed by atoms with Gasteiger partial charge in [0.2, 0.25) is 0 Å². The molecule has 0 bridgehead atoms.